The molecule has 0 saturated heterocycles. The number of ether oxygens (including phenoxy) is 1. The van der Waals surface area contributed by atoms with Crippen LogP contribution in [0.1, 0.15) is 0 Å². The summed E-state index contributed by atoms with van der Waals surface area (Å²) in [5.74, 6) is 0.712. The fraction of sp³-hybridized carbons (Fsp3) is 0.0714. The molecule has 7 heteroatoms. The number of anilines is 1. The van der Waals surface area contributed by atoms with E-state index >= 15 is 0 Å². The van der Waals surface area contributed by atoms with Gasteiger partial charge >= 0.3 is 0 Å². The van der Waals surface area contributed by atoms with Crippen molar-refractivity contribution in [1.82, 2.24) is 4.98 Å². The Morgan fingerprint density at radius 2 is 1.90 bits per heavy atom. The van der Waals surface area contributed by atoms with Crippen molar-refractivity contribution in [1.29, 1.82) is 0 Å². The summed E-state index contributed by atoms with van der Waals surface area (Å²) in [6.45, 7) is 0. The maximum Gasteiger partial charge on any atom is 0.263 e. The van der Waals surface area contributed by atoms with E-state index in [-0.39, 0.29) is 4.90 Å². The number of hydrogen-bond acceptors (Lipinski definition) is 5. The summed E-state index contributed by atoms with van der Waals surface area (Å²) in [5, 5.41) is 0.335. The molecule has 1 aromatic heterocycles. The molecule has 0 atom stereocenters. The minimum atomic E-state index is -3.61. The number of nitrogens with zero attached hydrogens (tertiary/aromatic N) is 1. The Morgan fingerprint density at radius 3 is 2.62 bits per heavy atom. The zero-order chi connectivity index (χ0) is 14.9. The van der Waals surface area contributed by atoms with Crippen molar-refractivity contribution >= 4 is 36.7 Å². The maximum absolute atomic E-state index is 12.2. The highest BCUT2D eigenvalue weighted by Crippen LogP contribution is 2.30. The van der Waals surface area contributed by atoms with Gasteiger partial charge in [-0.05, 0) is 30.3 Å². The number of sulfonamides is 1. The Bertz CT molecular complexity index is 874. The van der Waals surface area contributed by atoms with Gasteiger partial charge in [0.05, 0.1) is 22.2 Å². The first-order valence-corrected chi connectivity index (χ1v) is 8.41. The lowest BCUT2D eigenvalue weighted by Gasteiger charge is -2.03. The molecule has 0 aliphatic heterocycles. The van der Waals surface area contributed by atoms with Crippen molar-refractivity contribution in [3.05, 3.63) is 48.5 Å². The molecular formula is C14H12N2O3S2. The van der Waals surface area contributed by atoms with E-state index in [1.807, 2.05) is 6.07 Å². The normalized spacial score (nSPS) is 11.5. The molecule has 1 heterocycles. The number of aromatic nitrogens is 1. The Labute approximate surface area is 126 Å². The average Bonchev–Trinajstić information content (AvgIpc) is 2.88. The minimum absolute atomic E-state index is 0.210. The van der Waals surface area contributed by atoms with Crippen LogP contribution in [0.4, 0.5) is 5.13 Å². The van der Waals surface area contributed by atoms with Gasteiger partial charge in [0.1, 0.15) is 5.75 Å². The summed E-state index contributed by atoms with van der Waals surface area (Å²) >= 11 is 1.27. The number of methoxy groups -OCH3 is 1. The quantitative estimate of drug-likeness (QED) is 0.802. The van der Waals surface area contributed by atoms with Crippen LogP contribution in [0.3, 0.4) is 0 Å². The number of rotatable bonds is 4. The van der Waals surface area contributed by atoms with Gasteiger partial charge in [0, 0.05) is 0 Å². The molecule has 0 saturated carbocycles. The SMILES string of the molecule is COc1ccc2nc(NS(=O)(=O)c3ccccc3)sc2c1. The predicted molar refractivity (Wildman–Crippen MR) is 83.4 cm³/mol. The van der Waals surface area contributed by atoms with Gasteiger partial charge in [-0.1, -0.05) is 29.5 Å². The highest BCUT2D eigenvalue weighted by molar-refractivity contribution is 7.93. The van der Waals surface area contributed by atoms with Gasteiger partial charge in [-0.25, -0.2) is 13.4 Å². The van der Waals surface area contributed by atoms with Gasteiger partial charge in [-0.2, -0.15) is 0 Å². The second-order valence-corrected chi connectivity index (χ2v) is 6.98. The average molecular weight is 320 g/mol. The number of fused-ring (bicyclic) bond motifs is 1. The van der Waals surface area contributed by atoms with Crippen molar-refractivity contribution < 1.29 is 13.2 Å². The van der Waals surface area contributed by atoms with Crippen molar-refractivity contribution in [2.75, 3.05) is 11.8 Å². The van der Waals surface area contributed by atoms with Crippen LogP contribution in [0, 0.1) is 0 Å². The zero-order valence-corrected chi connectivity index (χ0v) is 12.7. The van der Waals surface area contributed by atoms with Gasteiger partial charge in [0.15, 0.2) is 5.13 Å². The lowest BCUT2D eigenvalue weighted by molar-refractivity contribution is 0.415. The van der Waals surface area contributed by atoms with E-state index in [1.165, 1.54) is 11.3 Å². The van der Waals surface area contributed by atoms with Crippen LogP contribution in [-0.4, -0.2) is 20.5 Å². The van der Waals surface area contributed by atoms with E-state index in [1.54, 1.807) is 49.6 Å². The summed E-state index contributed by atoms with van der Waals surface area (Å²) in [5.41, 5.74) is 0.728. The molecule has 21 heavy (non-hydrogen) atoms. The molecule has 3 rings (SSSR count). The van der Waals surface area contributed by atoms with Crippen molar-refractivity contribution in [2.45, 2.75) is 4.90 Å². The molecule has 3 aromatic rings. The van der Waals surface area contributed by atoms with E-state index in [4.69, 9.17) is 4.74 Å². The molecule has 1 N–H and O–H groups in total. The number of thiazole rings is 1. The monoisotopic (exact) mass is 320 g/mol. The molecule has 5 nitrogen and oxygen atoms in total. The number of hydrogen-bond donors (Lipinski definition) is 1. The van der Waals surface area contributed by atoms with E-state index in [9.17, 15) is 8.42 Å². The summed E-state index contributed by atoms with van der Waals surface area (Å²) in [6, 6.07) is 13.6. The Kier molecular flexibility index (Phi) is 3.52. The second-order valence-electron chi connectivity index (χ2n) is 4.27. The highest BCUT2D eigenvalue weighted by Gasteiger charge is 2.16. The first kappa shape index (κ1) is 13.8. The fourth-order valence-corrected chi connectivity index (χ4v) is 4.00. The van der Waals surface area contributed by atoms with Crippen LogP contribution >= 0.6 is 11.3 Å². The molecule has 0 amide bonds. The lowest BCUT2D eigenvalue weighted by atomic mass is 10.3. The molecule has 0 radical (unpaired) electrons. The van der Waals surface area contributed by atoms with E-state index < -0.39 is 10.0 Å². The minimum Gasteiger partial charge on any atom is -0.497 e. The third-order valence-electron chi connectivity index (χ3n) is 2.87. The molecule has 2 aromatic carbocycles. The Morgan fingerprint density at radius 1 is 1.14 bits per heavy atom. The van der Waals surface area contributed by atoms with Crippen LogP contribution in [-0.2, 0) is 10.0 Å². The van der Waals surface area contributed by atoms with Crippen molar-refractivity contribution in [2.24, 2.45) is 0 Å². The van der Waals surface area contributed by atoms with E-state index in [0.29, 0.717) is 10.9 Å². The largest absolute Gasteiger partial charge is 0.497 e. The molecule has 0 spiro atoms. The van der Waals surface area contributed by atoms with Crippen LogP contribution in [0.5, 0.6) is 5.75 Å². The van der Waals surface area contributed by atoms with Crippen molar-refractivity contribution in [3.8, 4) is 5.75 Å². The molecule has 0 aliphatic rings. The fourth-order valence-electron chi connectivity index (χ4n) is 1.85. The van der Waals surface area contributed by atoms with Gasteiger partial charge in [-0.15, -0.1) is 0 Å². The molecular weight excluding hydrogens is 308 g/mol. The summed E-state index contributed by atoms with van der Waals surface area (Å²) in [6.07, 6.45) is 0. The Hall–Kier alpha value is -2.12. The van der Waals surface area contributed by atoms with Gasteiger partial charge in [0.2, 0.25) is 0 Å². The van der Waals surface area contributed by atoms with E-state index in [0.717, 1.165) is 10.2 Å². The highest BCUT2D eigenvalue weighted by atomic mass is 32.2. The third-order valence-corrected chi connectivity index (χ3v) is 5.29. The summed E-state index contributed by atoms with van der Waals surface area (Å²) < 4.78 is 33.0. The molecule has 0 unspecified atom stereocenters. The second kappa shape index (κ2) is 5.34. The Balaban J connectivity index is 1.95. The maximum atomic E-state index is 12.2. The van der Waals surface area contributed by atoms with Gasteiger partial charge in [-0.3, -0.25) is 4.72 Å². The topological polar surface area (TPSA) is 68.3 Å². The molecule has 108 valence electrons. The predicted octanol–water partition coefficient (Wildman–Crippen LogP) is 3.11. The smallest absolute Gasteiger partial charge is 0.263 e. The summed E-state index contributed by atoms with van der Waals surface area (Å²) in [7, 11) is -2.03. The molecule has 0 bridgehead atoms. The van der Waals surface area contributed by atoms with Crippen LogP contribution in [0.15, 0.2) is 53.4 Å². The van der Waals surface area contributed by atoms with Crippen LogP contribution < -0.4 is 9.46 Å². The standard InChI is InChI=1S/C14H12N2O3S2/c1-19-10-7-8-12-13(9-10)20-14(15-12)16-21(17,18)11-5-3-2-4-6-11/h2-9H,1H3,(H,15,16). The van der Waals surface area contributed by atoms with Crippen LogP contribution in [0.2, 0.25) is 0 Å². The van der Waals surface area contributed by atoms with Gasteiger partial charge in [0.25, 0.3) is 10.0 Å². The molecule has 0 aliphatic carbocycles. The first-order valence-electron chi connectivity index (χ1n) is 6.11. The summed E-state index contributed by atoms with van der Waals surface area (Å²) in [4.78, 5) is 4.48. The van der Waals surface area contributed by atoms with Crippen LogP contribution in [0.25, 0.3) is 10.2 Å². The zero-order valence-electron chi connectivity index (χ0n) is 11.1. The van der Waals surface area contributed by atoms with Gasteiger partial charge < -0.3 is 4.74 Å². The number of benzene rings is 2. The van der Waals surface area contributed by atoms with Crippen molar-refractivity contribution in [3.63, 3.8) is 0 Å². The lowest BCUT2D eigenvalue weighted by Crippen LogP contribution is -2.12. The van der Waals surface area contributed by atoms with E-state index in [2.05, 4.69) is 9.71 Å². The third kappa shape index (κ3) is 2.84. The number of nitrogens with one attached hydrogen (secondary N) is 1. The first-order chi connectivity index (χ1) is 10.1. The molecule has 0 fully saturated rings.